The molecule has 1 spiro atoms. The number of hydrogen-bond donors (Lipinski definition) is 0. The van der Waals surface area contributed by atoms with Gasteiger partial charge in [-0.25, -0.2) is 0 Å². The molecule has 1 nitrogen and oxygen atoms in total. The first-order valence-corrected chi connectivity index (χ1v) is 21.8. The van der Waals surface area contributed by atoms with Crippen LogP contribution in [0.3, 0.4) is 0 Å². The lowest BCUT2D eigenvalue weighted by atomic mass is 9.70. The summed E-state index contributed by atoms with van der Waals surface area (Å²) < 4.78 is 0. The van der Waals surface area contributed by atoms with Gasteiger partial charge in [0.1, 0.15) is 0 Å². The molecule has 0 saturated carbocycles. The minimum absolute atomic E-state index is 0.537. The molecule has 11 aromatic rings. The normalized spacial score (nSPS) is 13.1. The maximum Gasteiger partial charge on any atom is 0.0726 e. The minimum atomic E-state index is -0.537. The van der Waals surface area contributed by atoms with Gasteiger partial charge in [0.2, 0.25) is 0 Å². The Morgan fingerprint density at radius 2 is 0.774 bits per heavy atom. The number of anilines is 3. The molecule has 11 aromatic carbocycles. The number of hydrogen-bond acceptors (Lipinski definition) is 1. The van der Waals surface area contributed by atoms with E-state index in [0.29, 0.717) is 0 Å². The molecule has 2 aliphatic rings. The van der Waals surface area contributed by atoms with Crippen molar-refractivity contribution in [3.8, 4) is 33.4 Å². The average molecular weight is 788 g/mol. The lowest BCUT2D eigenvalue weighted by Gasteiger charge is -2.34. The Morgan fingerprint density at radius 3 is 1.40 bits per heavy atom. The summed E-state index contributed by atoms with van der Waals surface area (Å²) in [6, 6.07) is 80.0. The summed E-state index contributed by atoms with van der Waals surface area (Å²) in [7, 11) is 0. The Balaban J connectivity index is 1.20. The van der Waals surface area contributed by atoms with E-state index in [-0.39, 0.29) is 0 Å². The largest absolute Gasteiger partial charge is 0.309 e. The molecule has 0 aliphatic heterocycles. The molecule has 0 fully saturated rings. The van der Waals surface area contributed by atoms with Crippen LogP contribution in [0.4, 0.5) is 17.1 Å². The van der Waals surface area contributed by atoms with Crippen molar-refractivity contribution < 1.29 is 0 Å². The second-order valence-corrected chi connectivity index (χ2v) is 17.2. The third kappa shape index (κ3) is 4.68. The molecule has 0 N–H and O–H groups in total. The molecule has 0 atom stereocenters. The van der Waals surface area contributed by atoms with Crippen molar-refractivity contribution >= 4 is 60.2 Å². The minimum Gasteiger partial charge on any atom is -0.309 e. The second-order valence-electron chi connectivity index (χ2n) is 17.2. The van der Waals surface area contributed by atoms with Crippen LogP contribution in [0.2, 0.25) is 0 Å². The zero-order valence-corrected chi connectivity index (χ0v) is 34.7. The molecule has 0 unspecified atom stereocenters. The summed E-state index contributed by atoms with van der Waals surface area (Å²) in [5.41, 5.74) is 18.6. The van der Waals surface area contributed by atoms with Crippen molar-refractivity contribution in [2.75, 3.05) is 4.90 Å². The van der Waals surface area contributed by atoms with Crippen molar-refractivity contribution in [1.29, 1.82) is 0 Å². The van der Waals surface area contributed by atoms with E-state index >= 15 is 0 Å². The highest BCUT2D eigenvalue weighted by molar-refractivity contribution is 6.16. The lowest BCUT2D eigenvalue weighted by Crippen LogP contribution is -2.26. The van der Waals surface area contributed by atoms with Gasteiger partial charge in [0.25, 0.3) is 0 Å². The summed E-state index contributed by atoms with van der Waals surface area (Å²) in [5, 5.41) is 9.99. The van der Waals surface area contributed by atoms with E-state index in [1.54, 1.807) is 0 Å². The average Bonchev–Trinajstić information content (AvgIpc) is 3.80. The van der Waals surface area contributed by atoms with Gasteiger partial charge in [-0.15, -0.1) is 0 Å². The number of fused-ring (bicyclic) bond motifs is 15. The predicted octanol–water partition coefficient (Wildman–Crippen LogP) is 16.4. The lowest BCUT2D eigenvalue weighted by molar-refractivity contribution is 0.794. The molecule has 0 saturated heterocycles. The van der Waals surface area contributed by atoms with Crippen LogP contribution in [0.5, 0.6) is 0 Å². The summed E-state index contributed by atoms with van der Waals surface area (Å²) in [6.45, 7) is 4.45. The molecule has 0 aromatic heterocycles. The van der Waals surface area contributed by atoms with Crippen molar-refractivity contribution in [2.45, 2.75) is 19.3 Å². The molecule has 0 radical (unpaired) electrons. The van der Waals surface area contributed by atoms with E-state index in [0.717, 1.165) is 0 Å². The van der Waals surface area contributed by atoms with Crippen LogP contribution in [0.25, 0.3) is 76.5 Å². The van der Waals surface area contributed by atoms with Crippen LogP contribution in [-0.4, -0.2) is 0 Å². The molecule has 13 rings (SSSR count). The van der Waals surface area contributed by atoms with Gasteiger partial charge in [-0.2, -0.15) is 0 Å². The van der Waals surface area contributed by atoms with Crippen LogP contribution in [0.1, 0.15) is 33.4 Å². The summed E-state index contributed by atoms with van der Waals surface area (Å²) in [6.07, 6.45) is 0. The third-order valence-electron chi connectivity index (χ3n) is 14.1. The monoisotopic (exact) mass is 787 g/mol. The molecule has 0 heterocycles. The van der Waals surface area contributed by atoms with Crippen LogP contribution in [0, 0.1) is 13.8 Å². The smallest absolute Gasteiger partial charge is 0.0726 e. The highest BCUT2D eigenvalue weighted by Gasteiger charge is 2.52. The van der Waals surface area contributed by atoms with Crippen LogP contribution >= 0.6 is 0 Å². The highest BCUT2D eigenvalue weighted by Crippen LogP contribution is 2.65. The molecule has 290 valence electrons. The molecule has 0 amide bonds. The number of rotatable bonds is 4. The van der Waals surface area contributed by atoms with Gasteiger partial charge >= 0.3 is 0 Å². The summed E-state index contributed by atoms with van der Waals surface area (Å²) in [4.78, 5) is 2.58. The van der Waals surface area contributed by atoms with E-state index < -0.39 is 5.41 Å². The first-order chi connectivity index (χ1) is 30.6. The van der Waals surface area contributed by atoms with Gasteiger partial charge in [0.15, 0.2) is 0 Å². The first kappa shape index (κ1) is 35.1. The topological polar surface area (TPSA) is 3.24 Å². The molecule has 2 aliphatic carbocycles. The third-order valence-corrected chi connectivity index (χ3v) is 14.1. The summed E-state index contributed by atoms with van der Waals surface area (Å²) >= 11 is 0. The quantitative estimate of drug-likeness (QED) is 0.172. The maximum absolute atomic E-state index is 2.58. The number of aryl methyl sites for hydroxylation is 2. The van der Waals surface area contributed by atoms with E-state index in [1.807, 2.05) is 0 Å². The fraction of sp³-hybridized carbons (Fsp3) is 0.0492. The Kier molecular flexibility index (Phi) is 7.42. The van der Waals surface area contributed by atoms with Crippen molar-refractivity contribution in [3.63, 3.8) is 0 Å². The number of benzene rings is 11. The SMILES string of the molecule is Cc1ccc(N(c2ccc(C)c3ccccc23)c2cc3c(c4ccccc24)-c2cc(-c4cccc5ccccc45)ccc2C32c3ccccc3-c3ccccc32)c2ccccc12. The molecule has 62 heavy (non-hydrogen) atoms. The zero-order chi connectivity index (χ0) is 41.1. The van der Waals surface area contributed by atoms with Crippen LogP contribution < -0.4 is 4.90 Å². The maximum atomic E-state index is 2.58. The van der Waals surface area contributed by atoms with Gasteiger partial charge in [-0.3, -0.25) is 0 Å². The molecule has 1 heteroatoms. The van der Waals surface area contributed by atoms with Crippen LogP contribution in [-0.2, 0) is 5.41 Å². The summed E-state index contributed by atoms with van der Waals surface area (Å²) in [5.74, 6) is 0. The fourth-order valence-electron chi connectivity index (χ4n) is 11.5. The number of nitrogens with zero attached hydrogens (tertiary/aromatic N) is 1. The Morgan fingerprint density at radius 1 is 0.306 bits per heavy atom. The van der Waals surface area contributed by atoms with Gasteiger partial charge in [-0.05, 0) is 132 Å². The van der Waals surface area contributed by atoms with Crippen LogP contribution in [0.15, 0.2) is 212 Å². The van der Waals surface area contributed by atoms with Crippen molar-refractivity contribution in [1.82, 2.24) is 0 Å². The van der Waals surface area contributed by atoms with Gasteiger partial charge < -0.3 is 4.90 Å². The molecular weight excluding hydrogens is 747 g/mol. The standard InChI is InChI=1S/C61H41N/c1-38-30-34-57(48-23-7-5-18-42(38)48)62(58-35-31-39(2)43-19-6-8-24-49(43)58)59-37-56-60(51-26-10-9-25-50(51)59)52-36-41(45-27-15-17-40-16-3-4-20-44(40)45)32-33-55(52)61(56)53-28-13-11-21-46(53)47-22-12-14-29-54(47)61/h3-37H,1-2H3. The van der Waals surface area contributed by atoms with Crippen molar-refractivity contribution in [3.05, 3.63) is 246 Å². The second kappa shape index (κ2) is 13.1. The van der Waals surface area contributed by atoms with E-state index in [9.17, 15) is 0 Å². The first-order valence-electron chi connectivity index (χ1n) is 21.8. The Labute approximate surface area is 361 Å². The molecule has 0 bridgehead atoms. The highest BCUT2D eigenvalue weighted by atomic mass is 15.1. The Bertz CT molecular complexity index is 3550. The van der Waals surface area contributed by atoms with E-state index in [1.165, 1.54) is 127 Å². The van der Waals surface area contributed by atoms with E-state index in [2.05, 4.69) is 231 Å². The predicted molar refractivity (Wildman–Crippen MR) is 262 cm³/mol. The Hall–Kier alpha value is -7.74. The molecular formula is C61H41N. The van der Waals surface area contributed by atoms with Crippen molar-refractivity contribution in [2.24, 2.45) is 0 Å². The van der Waals surface area contributed by atoms with Gasteiger partial charge in [0, 0.05) is 16.2 Å². The van der Waals surface area contributed by atoms with E-state index in [4.69, 9.17) is 0 Å². The van der Waals surface area contributed by atoms with Gasteiger partial charge in [-0.1, -0.05) is 188 Å². The van der Waals surface area contributed by atoms with Gasteiger partial charge in [0.05, 0.1) is 22.5 Å². The zero-order valence-electron chi connectivity index (χ0n) is 34.7. The fourth-order valence-corrected chi connectivity index (χ4v) is 11.5.